The number of thioether (sulfide) groups is 1. The molecule has 0 aliphatic heterocycles. The molecule has 1 nitrogen and oxygen atoms in total. The molecule has 1 aromatic rings. The maximum absolute atomic E-state index is 6.31. The second kappa shape index (κ2) is 7.20. The summed E-state index contributed by atoms with van der Waals surface area (Å²) >= 11 is 2.09. The van der Waals surface area contributed by atoms with Gasteiger partial charge in [0.25, 0.3) is 0 Å². The van der Waals surface area contributed by atoms with Gasteiger partial charge in [0.15, 0.2) is 0 Å². The van der Waals surface area contributed by atoms with Crippen molar-refractivity contribution < 1.29 is 0 Å². The number of nitrogens with two attached hydrogens (primary N) is 1. The molecule has 2 rings (SSSR count). The largest absolute Gasteiger partial charge is 0.323 e. The number of hydrogen-bond donors (Lipinski definition) is 1. The van der Waals surface area contributed by atoms with Crippen molar-refractivity contribution >= 4 is 11.8 Å². The second-order valence-corrected chi connectivity index (χ2v) is 6.63. The van der Waals surface area contributed by atoms with Crippen LogP contribution in [0.2, 0.25) is 0 Å². The van der Waals surface area contributed by atoms with Gasteiger partial charge in [-0.25, -0.2) is 0 Å². The predicted octanol–water partition coefficient (Wildman–Crippen LogP) is 4.31. The van der Waals surface area contributed by atoms with E-state index in [9.17, 15) is 0 Å². The molecule has 100 valence electrons. The summed E-state index contributed by atoms with van der Waals surface area (Å²) in [6.45, 7) is 2.20. The lowest BCUT2D eigenvalue weighted by molar-refractivity contribution is 0.515. The highest BCUT2D eigenvalue weighted by atomic mass is 32.2. The molecule has 2 N–H and O–H groups in total. The molecule has 1 aliphatic rings. The Morgan fingerprint density at radius 3 is 2.78 bits per heavy atom. The summed E-state index contributed by atoms with van der Waals surface area (Å²) in [6, 6.07) is 8.96. The first-order valence-electron chi connectivity index (χ1n) is 7.25. The Kier molecular flexibility index (Phi) is 5.58. The van der Waals surface area contributed by atoms with E-state index in [1.165, 1.54) is 43.2 Å². The van der Waals surface area contributed by atoms with E-state index >= 15 is 0 Å². The molecule has 1 saturated carbocycles. The summed E-state index contributed by atoms with van der Waals surface area (Å²) in [5.74, 6) is 1.07. The Morgan fingerprint density at radius 2 is 2.06 bits per heavy atom. The minimum absolute atomic E-state index is 0.198. The summed E-state index contributed by atoms with van der Waals surface area (Å²) in [5.41, 5.74) is 9.01. The van der Waals surface area contributed by atoms with Crippen LogP contribution in [0.25, 0.3) is 0 Å². The molecule has 0 aromatic heterocycles. The molecule has 0 amide bonds. The molecule has 1 aliphatic carbocycles. The molecular formula is C16H25NS. The van der Waals surface area contributed by atoms with Gasteiger partial charge < -0.3 is 5.73 Å². The highest BCUT2D eigenvalue weighted by molar-refractivity contribution is 7.99. The first-order valence-corrected chi connectivity index (χ1v) is 8.30. The van der Waals surface area contributed by atoms with Crippen molar-refractivity contribution in [3.63, 3.8) is 0 Å². The van der Waals surface area contributed by atoms with Crippen LogP contribution in [0.4, 0.5) is 0 Å². The summed E-state index contributed by atoms with van der Waals surface area (Å²) in [5, 5.41) is 0.860. The van der Waals surface area contributed by atoms with Gasteiger partial charge >= 0.3 is 0 Å². The van der Waals surface area contributed by atoms with Crippen LogP contribution in [0.1, 0.15) is 56.2 Å². The summed E-state index contributed by atoms with van der Waals surface area (Å²) in [7, 11) is 0. The number of hydrogen-bond acceptors (Lipinski definition) is 2. The first-order chi connectivity index (χ1) is 8.79. The maximum Gasteiger partial charge on any atom is 0.0386 e. The molecule has 0 bridgehead atoms. The number of rotatable bonds is 5. The molecule has 0 saturated heterocycles. The third kappa shape index (κ3) is 4.03. The monoisotopic (exact) mass is 263 g/mol. The average molecular weight is 263 g/mol. The molecule has 1 fully saturated rings. The summed E-state index contributed by atoms with van der Waals surface area (Å²) < 4.78 is 0. The Hall–Kier alpha value is -0.470. The van der Waals surface area contributed by atoms with Gasteiger partial charge in [0.05, 0.1) is 0 Å². The SMILES string of the molecule is CCc1cccc(C(N)CSC2CCCCC2)c1. The lowest BCUT2D eigenvalue weighted by Crippen LogP contribution is -2.17. The van der Waals surface area contributed by atoms with Gasteiger partial charge in [0.2, 0.25) is 0 Å². The van der Waals surface area contributed by atoms with Gasteiger partial charge in [0, 0.05) is 17.0 Å². The van der Waals surface area contributed by atoms with Crippen LogP contribution in [0.3, 0.4) is 0 Å². The Labute approximate surface area is 116 Å². The lowest BCUT2D eigenvalue weighted by Gasteiger charge is -2.22. The van der Waals surface area contributed by atoms with Crippen molar-refractivity contribution in [3.05, 3.63) is 35.4 Å². The maximum atomic E-state index is 6.31. The standard InChI is InChI=1S/C16H25NS/c1-2-13-7-6-8-14(11-13)16(17)12-18-15-9-4-3-5-10-15/h6-8,11,15-16H,2-5,9-10,12,17H2,1H3. The van der Waals surface area contributed by atoms with Crippen molar-refractivity contribution in [2.24, 2.45) is 5.73 Å². The fraction of sp³-hybridized carbons (Fsp3) is 0.625. The number of aryl methyl sites for hydroxylation is 1. The second-order valence-electron chi connectivity index (χ2n) is 5.30. The van der Waals surface area contributed by atoms with E-state index < -0.39 is 0 Å². The first kappa shape index (κ1) is 14.0. The van der Waals surface area contributed by atoms with Crippen LogP contribution in [0.5, 0.6) is 0 Å². The molecule has 1 aromatic carbocycles. The summed E-state index contributed by atoms with van der Waals surface area (Å²) in [4.78, 5) is 0. The van der Waals surface area contributed by atoms with Crippen molar-refractivity contribution in [1.82, 2.24) is 0 Å². The summed E-state index contributed by atoms with van der Waals surface area (Å²) in [6.07, 6.45) is 8.15. The van der Waals surface area contributed by atoms with Crippen molar-refractivity contribution in [1.29, 1.82) is 0 Å². The lowest BCUT2D eigenvalue weighted by atomic mass is 10.0. The van der Waals surface area contributed by atoms with E-state index in [1.54, 1.807) is 0 Å². The van der Waals surface area contributed by atoms with Crippen LogP contribution in [0, 0.1) is 0 Å². The minimum Gasteiger partial charge on any atom is -0.323 e. The van der Waals surface area contributed by atoms with E-state index in [0.29, 0.717) is 0 Å². The zero-order valence-corrected chi connectivity index (χ0v) is 12.2. The quantitative estimate of drug-likeness (QED) is 0.856. The normalized spacial score (nSPS) is 18.8. The smallest absolute Gasteiger partial charge is 0.0386 e. The van der Waals surface area contributed by atoms with E-state index in [2.05, 4.69) is 43.0 Å². The van der Waals surface area contributed by atoms with Gasteiger partial charge in [-0.05, 0) is 30.4 Å². The van der Waals surface area contributed by atoms with E-state index in [0.717, 1.165) is 17.4 Å². The van der Waals surface area contributed by atoms with E-state index in [-0.39, 0.29) is 6.04 Å². The van der Waals surface area contributed by atoms with Crippen molar-refractivity contribution in [3.8, 4) is 0 Å². The molecule has 1 atom stereocenters. The zero-order valence-electron chi connectivity index (χ0n) is 11.4. The van der Waals surface area contributed by atoms with Gasteiger partial charge in [-0.2, -0.15) is 11.8 Å². The zero-order chi connectivity index (χ0) is 12.8. The van der Waals surface area contributed by atoms with Gasteiger partial charge in [-0.15, -0.1) is 0 Å². The number of benzene rings is 1. The van der Waals surface area contributed by atoms with Gasteiger partial charge in [-0.1, -0.05) is 50.5 Å². The molecule has 2 heteroatoms. The molecule has 1 unspecified atom stereocenters. The van der Waals surface area contributed by atoms with Crippen LogP contribution in [0.15, 0.2) is 24.3 Å². The fourth-order valence-electron chi connectivity index (χ4n) is 2.61. The van der Waals surface area contributed by atoms with E-state index in [4.69, 9.17) is 5.73 Å². The Morgan fingerprint density at radius 1 is 1.28 bits per heavy atom. The van der Waals surface area contributed by atoms with Crippen LogP contribution in [-0.2, 0) is 6.42 Å². The van der Waals surface area contributed by atoms with Crippen molar-refractivity contribution in [2.45, 2.75) is 56.7 Å². The molecule has 0 heterocycles. The fourth-order valence-corrected chi connectivity index (χ4v) is 3.95. The third-order valence-corrected chi connectivity index (χ3v) is 5.35. The Bertz CT molecular complexity index is 358. The van der Waals surface area contributed by atoms with Crippen LogP contribution >= 0.6 is 11.8 Å². The van der Waals surface area contributed by atoms with Crippen molar-refractivity contribution in [2.75, 3.05) is 5.75 Å². The molecule has 0 radical (unpaired) electrons. The van der Waals surface area contributed by atoms with Crippen LogP contribution in [-0.4, -0.2) is 11.0 Å². The van der Waals surface area contributed by atoms with E-state index in [1.807, 2.05) is 0 Å². The Balaban J connectivity index is 1.84. The third-order valence-electron chi connectivity index (χ3n) is 3.85. The highest BCUT2D eigenvalue weighted by Gasteiger charge is 2.15. The predicted molar refractivity (Wildman–Crippen MR) is 82.1 cm³/mol. The average Bonchev–Trinajstić information content (AvgIpc) is 2.46. The van der Waals surface area contributed by atoms with Crippen LogP contribution < -0.4 is 5.73 Å². The highest BCUT2D eigenvalue weighted by Crippen LogP contribution is 2.30. The molecule has 0 spiro atoms. The van der Waals surface area contributed by atoms with Gasteiger partial charge in [0.1, 0.15) is 0 Å². The topological polar surface area (TPSA) is 26.0 Å². The van der Waals surface area contributed by atoms with Gasteiger partial charge in [-0.3, -0.25) is 0 Å². The molecular weight excluding hydrogens is 238 g/mol. The minimum atomic E-state index is 0.198. The molecule has 18 heavy (non-hydrogen) atoms.